The van der Waals surface area contributed by atoms with Crippen molar-refractivity contribution in [3.8, 4) is 5.75 Å². The third-order valence-corrected chi connectivity index (χ3v) is 7.94. The standard InChI is InChI=1S/C26H33N3O5/c1-3-32-21-11-17(10-19-12-20(18-4-5-18)33-23(19)21)14-28-15-26(16-28)13-22(27-34-26)29-8-6-25(2,7-9-29)24(30)31/h10-12,18H,3-9,13-16H2,1-2H3,(H,30,31). The number of ether oxygens (including phenoxy) is 1. The number of benzene rings is 1. The van der Waals surface area contributed by atoms with E-state index in [1.807, 2.05) is 13.8 Å². The molecular weight excluding hydrogens is 434 g/mol. The lowest BCUT2D eigenvalue weighted by Gasteiger charge is -2.45. The van der Waals surface area contributed by atoms with Gasteiger partial charge in [0.1, 0.15) is 11.6 Å². The molecule has 1 aliphatic carbocycles. The van der Waals surface area contributed by atoms with Crippen LogP contribution in [0.1, 0.15) is 63.2 Å². The number of carboxylic acid groups (broad SMARTS) is 1. The highest BCUT2D eigenvalue weighted by Gasteiger charge is 2.51. The number of fused-ring (bicyclic) bond motifs is 1. The molecule has 2 saturated heterocycles. The number of oxime groups is 1. The fraction of sp³-hybridized carbons (Fsp3) is 0.615. The Hall–Kier alpha value is -2.74. The normalized spacial score (nSPS) is 23.6. The zero-order chi connectivity index (χ0) is 23.5. The van der Waals surface area contributed by atoms with Gasteiger partial charge in [0.15, 0.2) is 16.9 Å². The van der Waals surface area contributed by atoms with Gasteiger partial charge in [0.2, 0.25) is 0 Å². The molecule has 8 nitrogen and oxygen atoms in total. The quantitative estimate of drug-likeness (QED) is 0.682. The van der Waals surface area contributed by atoms with E-state index in [1.54, 1.807) is 0 Å². The molecule has 6 rings (SSSR count). The lowest BCUT2D eigenvalue weighted by atomic mass is 9.80. The molecule has 3 aliphatic heterocycles. The first-order valence-corrected chi connectivity index (χ1v) is 12.5. The van der Waals surface area contributed by atoms with Crippen LogP contribution >= 0.6 is 0 Å². The fourth-order valence-electron chi connectivity index (χ4n) is 5.58. The Morgan fingerprint density at radius 3 is 2.68 bits per heavy atom. The third-order valence-electron chi connectivity index (χ3n) is 7.94. The van der Waals surface area contributed by atoms with Crippen LogP contribution in [-0.4, -0.2) is 65.1 Å². The molecule has 3 fully saturated rings. The second kappa shape index (κ2) is 7.90. The van der Waals surface area contributed by atoms with Gasteiger partial charge < -0.3 is 24.0 Å². The zero-order valence-electron chi connectivity index (χ0n) is 20.0. The van der Waals surface area contributed by atoms with Crippen LogP contribution in [0.3, 0.4) is 0 Å². The number of aliphatic carboxylic acids is 1. The average molecular weight is 468 g/mol. The molecule has 4 aliphatic rings. The van der Waals surface area contributed by atoms with Crippen molar-refractivity contribution in [1.29, 1.82) is 0 Å². The number of rotatable bonds is 6. The van der Waals surface area contributed by atoms with Crippen molar-refractivity contribution < 1.29 is 23.9 Å². The van der Waals surface area contributed by atoms with Crippen LogP contribution in [0.25, 0.3) is 11.0 Å². The van der Waals surface area contributed by atoms with Crippen LogP contribution < -0.4 is 4.74 Å². The first-order valence-electron chi connectivity index (χ1n) is 12.5. The first kappa shape index (κ1) is 21.8. The van der Waals surface area contributed by atoms with Crippen LogP contribution in [-0.2, 0) is 16.2 Å². The van der Waals surface area contributed by atoms with Gasteiger partial charge in [-0.25, -0.2) is 0 Å². The maximum atomic E-state index is 11.5. The molecule has 0 atom stereocenters. The molecular formula is C26H33N3O5. The highest BCUT2D eigenvalue weighted by atomic mass is 16.7. The number of nitrogens with zero attached hydrogens (tertiary/aromatic N) is 3. The summed E-state index contributed by atoms with van der Waals surface area (Å²) in [6, 6.07) is 6.52. The molecule has 1 N–H and O–H groups in total. The van der Waals surface area contributed by atoms with Crippen molar-refractivity contribution in [2.24, 2.45) is 10.6 Å². The number of hydrogen-bond donors (Lipinski definition) is 1. The van der Waals surface area contributed by atoms with Crippen molar-refractivity contribution in [2.45, 2.75) is 64.0 Å². The highest BCUT2D eigenvalue weighted by molar-refractivity contribution is 5.86. The van der Waals surface area contributed by atoms with Gasteiger partial charge in [-0.3, -0.25) is 9.69 Å². The van der Waals surface area contributed by atoms with Crippen molar-refractivity contribution >= 4 is 22.8 Å². The van der Waals surface area contributed by atoms with Gasteiger partial charge in [0.05, 0.1) is 18.4 Å². The van der Waals surface area contributed by atoms with Crippen LogP contribution in [0, 0.1) is 5.41 Å². The molecule has 0 amide bonds. The van der Waals surface area contributed by atoms with Gasteiger partial charge in [0, 0.05) is 44.0 Å². The van der Waals surface area contributed by atoms with Crippen LogP contribution in [0.2, 0.25) is 0 Å². The van der Waals surface area contributed by atoms with Crippen LogP contribution in [0.5, 0.6) is 5.75 Å². The van der Waals surface area contributed by atoms with Gasteiger partial charge in [-0.15, -0.1) is 0 Å². The zero-order valence-corrected chi connectivity index (χ0v) is 20.0. The number of likely N-dealkylation sites (tertiary alicyclic amines) is 2. The molecule has 0 radical (unpaired) electrons. The molecule has 182 valence electrons. The smallest absolute Gasteiger partial charge is 0.309 e. The molecule has 1 aromatic heterocycles. The summed E-state index contributed by atoms with van der Waals surface area (Å²) in [6.07, 6.45) is 4.51. The van der Waals surface area contributed by atoms with E-state index in [1.165, 1.54) is 18.4 Å². The summed E-state index contributed by atoms with van der Waals surface area (Å²) < 4.78 is 12.0. The number of amidine groups is 1. The summed E-state index contributed by atoms with van der Waals surface area (Å²) in [5.74, 6) is 2.76. The lowest BCUT2D eigenvalue weighted by molar-refractivity contribution is -0.150. The minimum absolute atomic E-state index is 0.246. The summed E-state index contributed by atoms with van der Waals surface area (Å²) in [6.45, 7) is 8.40. The van der Waals surface area contributed by atoms with Crippen molar-refractivity contribution in [3.63, 3.8) is 0 Å². The number of furan rings is 1. The minimum Gasteiger partial charge on any atom is -0.490 e. The maximum absolute atomic E-state index is 11.5. The Morgan fingerprint density at radius 2 is 2.00 bits per heavy atom. The topological polar surface area (TPSA) is 87.7 Å². The Morgan fingerprint density at radius 1 is 1.24 bits per heavy atom. The third kappa shape index (κ3) is 3.82. The summed E-state index contributed by atoms with van der Waals surface area (Å²) >= 11 is 0. The van der Waals surface area contributed by atoms with Crippen LogP contribution in [0.15, 0.2) is 27.8 Å². The van der Waals surface area contributed by atoms with E-state index >= 15 is 0 Å². The molecule has 34 heavy (non-hydrogen) atoms. The summed E-state index contributed by atoms with van der Waals surface area (Å²) in [5.41, 5.74) is 1.21. The van der Waals surface area contributed by atoms with E-state index in [0.29, 0.717) is 25.4 Å². The van der Waals surface area contributed by atoms with Crippen molar-refractivity contribution in [3.05, 3.63) is 29.5 Å². The Labute approximate surface area is 199 Å². The minimum atomic E-state index is -0.701. The van der Waals surface area contributed by atoms with Crippen molar-refractivity contribution in [1.82, 2.24) is 9.80 Å². The SMILES string of the molecule is CCOc1cc(CN2CC3(CC(N4CCC(C)(C(=O)O)CC4)=NO3)C2)cc2cc(C3CC3)oc12. The van der Waals surface area contributed by atoms with Gasteiger partial charge in [-0.05, 0) is 63.3 Å². The molecule has 4 heterocycles. The number of carbonyl (C=O) groups is 1. The Bertz CT molecular complexity index is 1140. The Balaban J connectivity index is 1.07. The number of piperidine rings is 1. The van der Waals surface area contributed by atoms with E-state index in [4.69, 9.17) is 14.0 Å². The monoisotopic (exact) mass is 467 g/mol. The predicted molar refractivity (Wildman–Crippen MR) is 127 cm³/mol. The molecule has 2 aromatic rings. The van der Waals surface area contributed by atoms with Crippen LogP contribution in [0.4, 0.5) is 0 Å². The maximum Gasteiger partial charge on any atom is 0.309 e. The average Bonchev–Trinajstić information content (AvgIpc) is 3.40. The lowest BCUT2D eigenvalue weighted by Crippen LogP contribution is -2.61. The molecule has 1 aromatic carbocycles. The van der Waals surface area contributed by atoms with E-state index in [9.17, 15) is 9.90 Å². The van der Waals surface area contributed by atoms with Gasteiger partial charge >= 0.3 is 5.97 Å². The number of carboxylic acids is 1. The summed E-state index contributed by atoms with van der Waals surface area (Å²) in [4.78, 5) is 22.0. The van der Waals surface area contributed by atoms with Gasteiger partial charge in [-0.1, -0.05) is 5.16 Å². The number of hydrogen-bond acceptors (Lipinski definition) is 7. The van der Waals surface area contributed by atoms with Gasteiger partial charge in [-0.2, -0.15) is 0 Å². The van der Waals surface area contributed by atoms with E-state index in [0.717, 1.165) is 67.5 Å². The highest BCUT2D eigenvalue weighted by Crippen LogP contribution is 2.44. The predicted octanol–water partition coefficient (Wildman–Crippen LogP) is 4.18. The van der Waals surface area contributed by atoms with E-state index < -0.39 is 11.4 Å². The summed E-state index contributed by atoms with van der Waals surface area (Å²) in [5, 5.41) is 15.0. The van der Waals surface area contributed by atoms with E-state index in [-0.39, 0.29) is 5.60 Å². The summed E-state index contributed by atoms with van der Waals surface area (Å²) in [7, 11) is 0. The first-order chi connectivity index (χ1) is 16.4. The van der Waals surface area contributed by atoms with E-state index in [2.05, 4.69) is 33.2 Å². The van der Waals surface area contributed by atoms with Gasteiger partial charge in [0.25, 0.3) is 0 Å². The molecule has 8 heteroatoms. The molecule has 1 spiro atoms. The molecule has 0 bridgehead atoms. The largest absolute Gasteiger partial charge is 0.490 e. The second-order valence-electron chi connectivity index (χ2n) is 10.8. The Kier molecular flexibility index (Phi) is 5.06. The second-order valence-corrected chi connectivity index (χ2v) is 10.8. The van der Waals surface area contributed by atoms with Crippen molar-refractivity contribution in [2.75, 3.05) is 32.8 Å². The molecule has 1 saturated carbocycles. The molecule has 0 unspecified atom stereocenters. The fourth-order valence-corrected chi connectivity index (χ4v) is 5.58.